The quantitative estimate of drug-likeness (QED) is 0.736. The zero-order valence-electron chi connectivity index (χ0n) is 11.9. The molecule has 17 heavy (non-hydrogen) atoms. The summed E-state index contributed by atoms with van der Waals surface area (Å²) in [6, 6.07) is 0.605. The average molecular weight is 240 g/mol. The van der Waals surface area contributed by atoms with Gasteiger partial charge in [-0.15, -0.1) is 0 Å². The Morgan fingerprint density at radius 2 is 1.65 bits per heavy atom. The first-order chi connectivity index (χ1) is 8.00. The van der Waals surface area contributed by atoms with Crippen LogP contribution in [0.3, 0.4) is 0 Å². The molecule has 0 aromatic carbocycles. The van der Waals surface area contributed by atoms with Gasteiger partial charge in [0.15, 0.2) is 0 Å². The van der Waals surface area contributed by atoms with Gasteiger partial charge >= 0.3 is 0 Å². The Morgan fingerprint density at radius 1 is 1.06 bits per heavy atom. The standard InChI is InChI=1S/C14H28N2O/c1-12(2)6-5-7-14(17)16-10-8-15(9-11-16)13(3)4/h12-13H,5-11H2,1-4H3. The van der Waals surface area contributed by atoms with E-state index in [1.165, 1.54) is 0 Å². The van der Waals surface area contributed by atoms with Crippen molar-refractivity contribution in [3.05, 3.63) is 0 Å². The fraction of sp³-hybridized carbons (Fsp3) is 0.929. The summed E-state index contributed by atoms with van der Waals surface area (Å²) in [6.45, 7) is 12.8. The van der Waals surface area contributed by atoms with Gasteiger partial charge in [0.05, 0.1) is 0 Å². The van der Waals surface area contributed by atoms with Gasteiger partial charge in [0, 0.05) is 38.6 Å². The van der Waals surface area contributed by atoms with Crippen LogP contribution in [0.1, 0.15) is 47.0 Å². The molecule has 0 bridgehead atoms. The fourth-order valence-electron chi connectivity index (χ4n) is 2.31. The van der Waals surface area contributed by atoms with E-state index in [2.05, 4.69) is 32.6 Å². The predicted octanol–water partition coefficient (Wildman–Crippen LogP) is 2.37. The highest BCUT2D eigenvalue weighted by atomic mass is 16.2. The van der Waals surface area contributed by atoms with E-state index in [0.29, 0.717) is 17.9 Å². The van der Waals surface area contributed by atoms with Crippen LogP contribution in [0.15, 0.2) is 0 Å². The van der Waals surface area contributed by atoms with Crippen molar-refractivity contribution in [1.29, 1.82) is 0 Å². The van der Waals surface area contributed by atoms with Crippen LogP contribution in [0.5, 0.6) is 0 Å². The van der Waals surface area contributed by atoms with Crippen LogP contribution in [-0.4, -0.2) is 47.9 Å². The van der Waals surface area contributed by atoms with Crippen molar-refractivity contribution < 1.29 is 4.79 Å². The molecule has 0 spiro atoms. The number of hydrogen-bond donors (Lipinski definition) is 0. The molecule has 1 fully saturated rings. The highest BCUT2D eigenvalue weighted by molar-refractivity contribution is 5.76. The third kappa shape index (κ3) is 5.07. The smallest absolute Gasteiger partial charge is 0.222 e. The third-order valence-electron chi connectivity index (χ3n) is 3.57. The second-order valence-corrected chi connectivity index (χ2v) is 5.80. The molecule has 1 amide bonds. The molecular weight excluding hydrogens is 212 g/mol. The van der Waals surface area contributed by atoms with Crippen molar-refractivity contribution in [2.75, 3.05) is 26.2 Å². The van der Waals surface area contributed by atoms with E-state index in [0.717, 1.165) is 45.4 Å². The minimum atomic E-state index is 0.356. The van der Waals surface area contributed by atoms with E-state index in [9.17, 15) is 4.79 Å². The Balaban J connectivity index is 2.21. The summed E-state index contributed by atoms with van der Waals surface area (Å²) in [4.78, 5) is 16.4. The Bertz CT molecular complexity index is 230. The van der Waals surface area contributed by atoms with Crippen molar-refractivity contribution in [1.82, 2.24) is 9.80 Å². The zero-order valence-corrected chi connectivity index (χ0v) is 11.9. The van der Waals surface area contributed by atoms with Gasteiger partial charge in [0.25, 0.3) is 0 Å². The van der Waals surface area contributed by atoms with Crippen molar-refractivity contribution in [3.63, 3.8) is 0 Å². The minimum Gasteiger partial charge on any atom is -0.340 e. The molecule has 0 aromatic heterocycles. The second-order valence-electron chi connectivity index (χ2n) is 5.80. The van der Waals surface area contributed by atoms with Crippen LogP contribution in [0, 0.1) is 5.92 Å². The summed E-state index contributed by atoms with van der Waals surface area (Å²) in [5, 5.41) is 0. The maximum absolute atomic E-state index is 12.0. The fourth-order valence-corrected chi connectivity index (χ4v) is 2.31. The number of carbonyl (C=O) groups is 1. The number of carbonyl (C=O) groups excluding carboxylic acids is 1. The van der Waals surface area contributed by atoms with Gasteiger partial charge in [-0.25, -0.2) is 0 Å². The Labute approximate surface area is 106 Å². The third-order valence-corrected chi connectivity index (χ3v) is 3.57. The molecule has 3 nitrogen and oxygen atoms in total. The second kappa shape index (κ2) is 7.00. The maximum atomic E-state index is 12.0. The largest absolute Gasteiger partial charge is 0.340 e. The van der Waals surface area contributed by atoms with Crippen molar-refractivity contribution >= 4 is 5.91 Å². The van der Waals surface area contributed by atoms with Crippen molar-refractivity contribution in [3.8, 4) is 0 Å². The molecule has 3 heteroatoms. The average Bonchev–Trinajstić information content (AvgIpc) is 2.28. The molecule has 1 rings (SSSR count). The van der Waals surface area contributed by atoms with Crippen LogP contribution in [-0.2, 0) is 4.79 Å². The zero-order chi connectivity index (χ0) is 12.8. The summed E-state index contributed by atoms with van der Waals surface area (Å²) < 4.78 is 0. The molecule has 100 valence electrons. The Hall–Kier alpha value is -0.570. The first kappa shape index (κ1) is 14.5. The molecule has 0 aliphatic carbocycles. The summed E-state index contributed by atoms with van der Waals surface area (Å²) in [5.41, 5.74) is 0. The number of amides is 1. The van der Waals surface area contributed by atoms with Gasteiger partial charge in [-0.3, -0.25) is 9.69 Å². The normalized spacial score (nSPS) is 18.1. The van der Waals surface area contributed by atoms with Crippen LogP contribution >= 0.6 is 0 Å². The lowest BCUT2D eigenvalue weighted by molar-refractivity contribution is -0.133. The highest BCUT2D eigenvalue weighted by Gasteiger charge is 2.21. The lowest BCUT2D eigenvalue weighted by Crippen LogP contribution is -2.50. The lowest BCUT2D eigenvalue weighted by Gasteiger charge is -2.37. The number of piperazine rings is 1. The minimum absolute atomic E-state index is 0.356. The van der Waals surface area contributed by atoms with Crippen LogP contribution in [0.25, 0.3) is 0 Å². The first-order valence-corrected chi connectivity index (χ1v) is 7.02. The summed E-state index contributed by atoms with van der Waals surface area (Å²) in [7, 11) is 0. The van der Waals surface area contributed by atoms with E-state index in [-0.39, 0.29) is 0 Å². The van der Waals surface area contributed by atoms with Gasteiger partial charge < -0.3 is 4.90 Å². The van der Waals surface area contributed by atoms with E-state index < -0.39 is 0 Å². The Kier molecular flexibility index (Phi) is 5.96. The van der Waals surface area contributed by atoms with E-state index in [4.69, 9.17) is 0 Å². The summed E-state index contributed by atoms with van der Waals surface area (Å²) in [5.74, 6) is 1.06. The maximum Gasteiger partial charge on any atom is 0.222 e. The van der Waals surface area contributed by atoms with Crippen LogP contribution in [0.2, 0.25) is 0 Å². The van der Waals surface area contributed by atoms with Crippen molar-refractivity contribution in [2.24, 2.45) is 5.92 Å². The molecule has 0 aromatic rings. The van der Waals surface area contributed by atoms with E-state index >= 15 is 0 Å². The molecule has 1 heterocycles. The number of hydrogen-bond acceptors (Lipinski definition) is 2. The van der Waals surface area contributed by atoms with Gasteiger partial charge in [-0.05, 0) is 26.2 Å². The van der Waals surface area contributed by atoms with Crippen molar-refractivity contribution in [2.45, 2.75) is 53.0 Å². The molecule has 0 radical (unpaired) electrons. The highest BCUT2D eigenvalue weighted by Crippen LogP contribution is 2.11. The number of nitrogens with zero attached hydrogens (tertiary/aromatic N) is 2. The topological polar surface area (TPSA) is 23.6 Å². The molecule has 0 N–H and O–H groups in total. The molecule has 0 saturated carbocycles. The van der Waals surface area contributed by atoms with Gasteiger partial charge in [-0.2, -0.15) is 0 Å². The van der Waals surface area contributed by atoms with Crippen LogP contribution < -0.4 is 0 Å². The SMILES string of the molecule is CC(C)CCCC(=O)N1CCN(C(C)C)CC1. The summed E-state index contributed by atoms with van der Waals surface area (Å²) >= 11 is 0. The molecule has 0 unspecified atom stereocenters. The van der Waals surface area contributed by atoms with Gasteiger partial charge in [-0.1, -0.05) is 20.3 Å². The van der Waals surface area contributed by atoms with E-state index in [1.54, 1.807) is 0 Å². The molecular formula is C14H28N2O. The van der Waals surface area contributed by atoms with E-state index in [1.807, 2.05) is 4.90 Å². The number of rotatable bonds is 5. The first-order valence-electron chi connectivity index (χ1n) is 7.02. The molecule has 1 saturated heterocycles. The Morgan fingerprint density at radius 3 is 2.12 bits per heavy atom. The molecule has 0 atom stereocenters. The van der Waals surface area contributed by atoms with Gasteiger partial charge in [0.2, 0.25) is 5.91 Å². The van der Waals surface area contributed by atoms with Gasteiger partial charge in [0.1, 0.15) is 0 Å². The monoisotopic (exact) mass is 240 g/mol. The summed E-state index contributed by atoms with van der Waals surface area (Å²) in [6.07, 6.45) is 2.94. The molecule has 1 aliphatic rings. The van der Waals surface area contributed by atoms with Crippen LogP contribution in [0.4, 0.5) is 0 Å². The predicted molar refractivity (Wildman–Crippen MR) is 72.0 cm³/mol. The lowest BCUT2D eigenvalue weighted by atomic mass is 10.1. The molecule has 1 aliphatic heterocycles.